The van der Waals surface area contributed by atoms with Gasteiger partial charge in [-0.2, -0.15) is 0 Å². The lowest BCUT2D eigenvalue weighted by molar-refractivity contribution is -0.116. The van der Waals surface area contributed by atoms with E-state index in [9.17, 15) is 31.5 Å². The van der Waals surface area contributed by atoms with Crippen molar-refractivity contribution in [3.05, 3.63) is 87.8 Å². The van der Waals surface area contributed by atoms with E-state index in [-0.39, 0.29) is 37.5 Å². The summed E-state index contributed by atoms with van der Waals surface area (Å²) in [6.07, 6.45) is 0.858. The van der Waals surface area contributed by atoms with Gasteiger partial charge in [0.05, 0.1) is 31.1 Å². The molecule has 0 bridgehead atoms. The van der Waals surface area contributed by atoms with Crippen LogP contribution in [0.2, 0.25) is 5.02 Å². The van der Waals surface area contributed by atoms with Crippen molar-refractivity contribution >= 4 is 54.5 Å². The molecule has 212 valence electrons. The Bertz CT molecular complexity index is 1680. The molecule has 0 aromatic heterocycles. The third-order valence-corrected chi connectivity index (χ3v) is 10.5. The summed E-state index contributed by atoms with van der Waals surface area (Å²) >= 11 is 6.26. The predicted octanol–water partition coefficient (Wildman–Crippen LogP) is 5.17. The number of phenolic OH excluding ortho intramolecular Hbond substituents is 1. The van der Waals surface area contributed by atoms with Gasteiger partial charge in [-0.05, 0) is 57.5 Å². The van der Waals surface area contributed by atoms with Crippen molar-refractivity contribution in [3.8, 4) is 5.75 Å². The Balaban J connectivity index is 1.78. The Kier molecular flexibility index (Phi) is 9.44. The zero-order valence-corrected chi connectivity index (χ0v) is 24.6. The summed E-state index contributed by atoms with van der Waals surface area (Å²) in [5.41, 5.74) is 1.52. The highest BCUT2D eigenvalue weighted by atomic mass is 35.5. The standard InChI is InChI=1S/C28H29ClN2O7S2/c1-5-26(40(37,38)21-12-8-18(3)9-13-21)28(34)31-23-16-25(32)24(15-22(23)29)30-27(33)14-19(4)39(35,36)20-10-6-17(2)7-11-20/h6-16,26,32H,5H2,1-4H3,(H,30,33)(H,31,34)/b19-14+. The summed E-state index contributed by atoms with van der Waals surface area (Å²) in [6, 6.07) is 14.5. The van der Waals surface area contributed by atoms with Crippen molar-refractivity contribution in [2.45, 2.75) is 49.2 Å². The van der Waals surface area contributed by atoms with Crippen molar-refractivity contribution < 1.29 is 31.5 Å². The number of allylic oxidation sites excluding steroid dienone is 1. The van der Waals surface area contributed by atoms with Crippen LogP contribution in [0.4, 0.5) is 11.4 Å². The van der Waals surface area contributed by atoms with Crippen LogP contribution < -0.4 is 10.6 Å². The number of anilines is 2. The molecule has 9 nitrogen and oxygen atoms in total. The summed E-state index contributed by atoms with van der Waals surface area (Å²) in [4.78, 5) is 25.3. The summed E-state index contributed by atoms with van der Waals surface area (Å²) in [5.74, 6) is -2.18. The number of phenols is 1. The molecule has 3 rings (SSSR count). The van der Waals surface area contributed by atoms with Crippen LogP contribution in [0.3, 0.4) is 0 Å². The summed E-state index contributed by atoms with van der Waals surface area (Å²) in [7, 11) is -7.92. The highest BCUT2D eigenvalue weighted by Gasteiger charge is 2.33. The molecule has 1 atom stereocenters. The molecule has 0 heterocycles. The number of halogens is 1. The number of hydrogen-bond acceptors (Lipinski definition) is 7. The van der Waals surface area contributed by atoms with Crippen molar-refractivity contribution in [1.29, 1.82) is 0 Å². The van der Waals surface area contributed by atoms with Crippen LogP contribution in [-0.2, 0) is 29.3 Å². The number of sulfone groups is 2. The van der Waals surface area contributed by atoms with E-state index in [1.165, 1.54) is 31.2 Å². The third-order valence-electron chi connectivity index (χ3n) is 6.08. The van der Waals surface area contributed by atoms with Gasteiger partial charge >= 0.3 is 0 Å². The second-order valence-corrected chi connectivity index (χ2v) is 13.8. The maximum atomic E-state index is 13.1. The smallest absolute Gasteiger partial charge is 0.249 e. The fourth-order valence-corrected chi connectivity index (χ4v) is 6.71. The van der Waals surface area contributed by atoms with Gasteiger partial charge in [0, 0.05) is 12.1 Å². The van der Waals surface area contributed by atoms with Crippen molar-refractivity contribution in [1.82, 2.24) is 0 Å². The normalized spacial score (nSPS) is 13.0. The second-order valence-electron chi connectivity index (χ2n) is 9.15. The van der Waals surface area contributed by atoms with E-state index in [1.54, 1.807) is 31.2 Å². The number of carbonyl (C=O) groups is 2. The van der Waals surface area contributed by atoms with Gasteiger partial charge in [0.1, 0.15) is 11.0 Å². The van der Waals surface area contributed by atoms with E-state index in [0.29, 0.717) is 0 Å². The SMILES string of the molecule is CCC(C(=O)Nc1cc(O)c(NC(=O)/C=C(\C)S(=O)(=O)c2ccc(C)cc2)cc1Cl)S(=O)(=O)c1ccc(C)cc1. The van der Waals surface area contributed by atoms with Gasteiger partial charge in [0.25, 0.3) is 0 Å². The Morgan fingerprint density at radius 1 is 0.875 bits per heavy atom. The van der Waals surface area contributed by atoms with Gasteiger partial charge < -0.3 is 15.7 Å². The lowest BCUT2D eigenvalue weighted by Gasteiger charge is -2.17. The largest absolute Gasteiger partial charge is 0.506 e. The second kappa shape index (κ2) is 12.2. The minimum atomic E-state index is -4.01. The van der Waals surface area contributed by atoms with E-state index in [4.69, 9.17) is 11.6 Å². The molecule has 0 fully saturated rings. The Labute approximate surface area is 238 Å². The average molecular weight is 605 g/mol. The molecular formula is C28H29ClN2O7S2. The zero-order chi connectivity index (χ0) is 29.8. The van der Waals surface area contributed by atoms with Crippen molar-refractivity contribution in [2.75, 3.05) is 10.6 Å². The molecule has 12 heteroatoms. The molecule has 2 amide bonds. The fourth-order valence-electron chi connectivity index (χ4n) is 3.74. The number of nitrogens with one attached hydrogen (secondary N) is 2. The van der Waals surface area contributed by atoms with Crippen LogP contribution in [0.1, 0.15) is 31.4 Å². The first kappa shape index (κ1) is 30.9. The minimum absolute atomic E-state index is 0.000143. The van der Waals surface area contributed by atoms with E-state index in [1.807, 2.05) is 13.8 Å². The first-order valence-electron chi connectivity index (χ1n) is 12.1. The summed E-state index contributed by atoms with van der Waals surface area (Å²) in [5, 5.41) is 13.7. The van der Waals surface area contributed by atoms with Gasteiger partial charge in [-0.25, -0.2) is 16.8 Å². The molecule has 0 saturated carbocycles. The number of benzene rings is 3. The van der Waals surface area contributed by atoms with E-state index in [2.05, 4.69) is 10.6 Å². The molecular weight excluding hydrogens is 576 g/mol. The van der Waals surface area contributed by atoms with Crippen LogP contribution in [0, 0.1) is 13.8 Å². The molecule has 0 spiro atoms. The molecule has 1 unspecified atom stereocenters. The van der Waals surface area contributed by atoms with Crippen LogP contribution in [-0.4, -0.2) is 39.0 Å². The number of rotatable bonds is 9. The zero-order valence-electron chi connectivity index (χ0n) is 22.2. The molecule has 0 aliphatic rings. The number of aromatic hydroxyl groups is 1. The molecule has 0 saturated heterocycles. The van der Waals surface area contributed by atoms with Gasteiger partial charge in [0.2, 0.25) is 21.7 Å². The third kappa shape index (κ3) is 6.90. The van der Waals surface area contributed by atoms with Gasteiger partial charge in [0.15, 0.2) is 9.84 Å². The van der Waals surface area contributed by atoms with Crippen LogP contribution in [0.5, 0.6) is 5.75 Å². The average Bonchev–Trinajstić information content (AvgIpc) is 2.87. The molecule has 0 aliphatic heterocycles. The van der Waals surface area contributed by atoms with Crippen molar-refractivity contribution in [2.24, 2.45) is 0 Å². The van der Waals surface area contributed by atoms with Gasteiger partial charge in [-0.15, -0.1) is 0 Å². The summed E-state index contributed by atoms with van der Waals surface area (Å²) in [6.45, 7) is 6.46. The van der Waals surface area contributed by atoms with E-state index < -0.39 is 42.5 Å². The van der Waals surface area contributed by atoms with Gasteiger partial charge in [-0.3, -0.25) is 9.59 Å². The maximum Gasteiger partial charge on any atom is 0.249 e. The van der Waals surface area contributed by atoms with E-state index in [0.717, 1.165) is 29.3 Å². The first-order valence-corrected chi connectivity index (χ1v) is 15.5. The van der Waals surface area contributed by atoms with Crippen molar-refractivity contribution in [3.63, 3.8) is 0 Å². The lowest BCUT2D eigenvalue weighted by Crippen LogP contribution is -2.34. The molecule has 3 N–H and O–H groups in total. The highest BCUT2D eigenvalue weighted by Crippen LogP contribution is 2.34. The monoisotopic (exact) mass is 604 g/mol. The first-order chi connectivity index (χ1) is 18.7. The number of aryl methyl sites for hydroxylation is 2. The summed E-state index contributed by atoms with van der Waals surface area (Å²) < 4.78 is 51.6. The molecule has 0 radical (unpaired) electrons. The maximum absolute atomic E-state index is 13.1. The van der Waals surface area contributed by atoms with E-state index >= 15 is 0 Å². The quantitative estimate of drug-likeness (QED) is 0.225. The fraction of sp³-hybridized carbons (Fsp3) is 0.214. The molecule has 0 aliphatic carbocycles. The molecule has 3 aromatic rings. The minimum Gasteiger partial charge on any atom is -0.506 e. The lowest BCUT2D eigenvalue weighted by atomic mass is 10.2. The number of hydrogen-bond donors (Lipinski definition) is 3. The Morgan fingerprint density at radius 2 is 1.40 bits per heavy atom. The predicted molar refractivity (Wildman–Crippen MR) is 155 cm³/mol. The van der Waals surface area contributed by atoms with Crippen LogP contribution in [0.15, 0.2) is 81.4 Å². The molecule has 40 heavy (non-hydrogen) atoms. The van der Waals surface area contributed by atoms with Gasteiger partial charge in [-0.1, -0.05) is 53.9 Å². The Hall–Kier alpha value is -3.67. The number of carbonyl (C=O) groups excluding carboxylic acids is 2. The topological polar surface area (TPSA) is 147 Å². The van der Waals surface area contributed by atoms with Crippen LogP contribution in [0.25, 0.3) is 0 Å². The Morgan fingerprint density at radius 3 is 1.93 bits per heavy atom. The molecule has 3 aromatic carbocycles. The van der Waals surface area contributed by atoms with Crippen LogP contribution >= 0.6 is 11.6 Å². The number of amides is 2. The highest BCUT2D eigenvalue weighted by molar-refractivity contribution is 7.95.